The van der Waals surface area contributed by atoms with Gasteiger partial charge in [0.2, 0.25) is 11.8 Å². The molecule has 0 saturated carbocycles. The molecule has 31 heavy (non-hydrogen) atoms. The monoisotopic (exact) mass is 438 g/mol. The van der Waals surface area contributed by atoms with Crippen LogP contribution in [-0.4, -0.2) is 16.3 Å². The maximum atomic E-state index is 12.7. The number of nitrogens with zero attached hydrogens (tertiary/aromatic N) is 3. The molecule has 0 aliphatic heterocycles. The van der Waals surface area contributed by atoms with E-state index in [2.05, 4.69) is 20.9 Å². The van der Waals surface area contributed by atoms with Gasteiger partial charge in [-0.2, -0.15) is 13.2 Å². The van der Waals surface area contributed by atoms with Crippen molar-refractivity contribution in [2.45, 2.75) is 47.3 Å². The normalized spacial score (nSPS) is 10.2. The first-order valence-electron chi connectivity index (χ1n) is 9.82. The van der Waals surface area contributed by atoms with Crippen molar-refractivity contribution in [2.75, 3.05) is 10.6 Å². The number of alkyl halides is 3. The Labute approximate surface area is 179 Å². The quantitative estimate of drug-likeness (QED) is 0.532. The standard InChI is InChI=1S/C17H14F3N5O2.2C2H6/c1-11-2-4-12(5-3-11)9-25-10-15(27-24-25)23-16(26)22-14-6-13(7-21-8-14)17(18,19)20;2*1-2/h2-8,10H,9H2,1H3,(H-,22,23,24,26);2*1-2H3/p+1. The first-order chi connectivity index (χ1) is 14.8. The summed E-state index contributed by atoms with van der Waals surface area (Å²) in [7, 11) is 0. The third kappa shape index (κ3) is 8.45. The highest BCUT2D eigenvalue weighted by atomic mass is 19.4. The van der Waals surface area contributed by atoms with Crippen LogP contribution in [0.4, 0.5) is 29.5 Å². The summed E-state index contributed by atoms with van der Waals surface area (Å²) < 4.78 is 44.5. The van der Waals surface area contributed by atoms with Gasteiger partial charge in [0.15, 0.2) is 0 Å². The minimum atomic E-state index is -4.55. The largest absolute Gasteiger partial charge is 0.417 e. The fourth-order valence-corrected chi connectivity index (χ4v) is 2.23. The van der Waals surface area contributed by atoms with Gasteiger partial charge in [-0.3, -0.25) is 14.8 Å². The van der Waals surface area contributed by atoms with E-state index in [1.807, 2.05) is 58.9 Å². The molecule has 3 aromatic rings. The molecule has 0 fully saturated rings. The van der Waals surface area contributed by atoms with Crippen LogP contribution < -0.4 is 15.3 Å². The summed E-state index contributed by atoms with van der Waals surface area (Å²) in [6.07, 6.45) is -1.31. The van der Waals surface area contributed by atoms with Crippen molar-refractivity contribution in [2.24, 2.45) is 0 Å². The Balaban J connectivity index is 0.00000113. The lowest BCUT2D eigenvalue weighted by Gasteiger charge is -2.08. The van der Waals surface area contributed by atoms with E-state index in [1.165, 1.54) is 10.9 Å². The van der Waals surface area contributed by atoms with Crippen LogP contribution in [0.3, 0.4) is 0 Å². The van der Waals surface area contributed by atoms with Gasteiger partial charge in [-0.15, -0.1) is 0 Å². The highest BCUT2D eigenvalue weighted by molar-refractivity contribution is 5.98. The number of nitrogens with one attached hydrogen (secondary N) is 2. The van der Waals surface area contributed by atoms with Crippen LogP contribution >= 0.6 is 0 Å². The Kier molecular flexibility index (Phi) is 10.2. The van der Waals surface area contributed by atoms with Gasteiger partial charge in [0.05, 0.1) is 17.4 Å². The zero-order chi connectivity index (χ0) is 23.4. The van der Waals surface area contributed by atoms with E-state index in [-0.39, 0.29) is 11.6 Å². The number of pyridine rings is 1. The van der Waals surface area contributed by atoms with Crippen molar-refractivity contribution in [3.05, 3.63) is 65.6 Å². The number of halogens is 3. The van der Waals surface area contributed by atoms with Gasteiger partial charge in [-0.05, 0) is 17.7 Å². The topological polar surface area (TPSA) is 83.9 Å². The van der Waals surface area contributed by atoms with E-state index in [1.54, 1.807) is 0 Å². The second-order valence-corrected chi connectivity index (χ2v) is 5.79. The number of rotatable bonds is 4. The van der Waals surface area contributed by atoms with E-state index in [9.17, 15) is 18.0 Å². The first kappa shape index (κ1) is 25.6. The molecular weight excluding hydrogens is 411 g/mol. The van der Waals surface area contributed by atoms with E-state index < -0.39 is 17.8 Å². The molecule has 0 saturated heterocycles. The van der Waals surface area contributed by atoms with Crippen LogP contribution in [-0.2, 0) is 12.7 Å². The molecule has 7 nitrogen and oxygen atoms in total. The van der Waals surface area contributed by atoms with Gasteiger partial charge >= 0.3 is 18.1 Å². The third-order valence-electron chi connectivity index (χ3n) is 3.54. The number of benzene rings is 1. The fraction of sp³-hybridized carbons (Fsp3) is 0.333. The lowest BCUT2D eigenvalue weighted by Crippen LogP contribution is -2.35. The number of urea groups is 1. The van der Waals surface area contributed by atoms with Crippen molar-refractivity contribution < 1.29 is 27.2 Å². The summed E-state index contributed by atoms with van der Waals surface area (Å²) in [5.41, 5.74) is 1.06. The maximum absolute atomic E-state index is 12.7. The number of carbonyl (C=O) groups is 1. The molecule has 2 heterocycles. The lowest BCUT2D eigenvalue weighted by atomic mass is 10.1. The molecule has 10 heteroatoms. The van der Waals surface area contributed by atoms with Crippen molar-refractivity contribution >= 4 is 17.6 Å². The van der Waals surface area contributed by atoms with Crippen LogP contribution in [0.1, 0.15) is 44.4 Å². The molecule has 0 aliphatic rings. The molecule has 2 N–H and O–H groups in total. The summed E-state index contributed by atoms with van der Waals surface area (Å²) in [6, 6.07) is 7.81. The molecule has 0 atom stereocenters. The number of aromatic nitrogens is 3. The number of carbonyl (C=O) groups excluding carboxylic acids is 1. The predicted molar refractivity (Wildman–Crippen MR) is 112 cm³/mol. The Morgan fingerprint density at radius 1 is 1.06 bits per heavy atom. The minimum absolute atomic E-state index is 0.0412. The molecule has 2 amide bonds. The Hall–Kier alpha value is -3.43. The smallest absolute Gasteiger partial charge is 0.306 e. The van der Waals surface area contributed by atoms with Gasteiger partial charge in [0.25, 0.3) is 6.20 Å². The van der Waals surface area contributed by atoms with Gasteiger partial charge in [-0.1, -0.05) is 57.5 Å². The number of amides is 2. The second-order valence-electron chi connectivity index (χ2n) is 5.79. The Bertz CT molecular complexity index is 941. The van der Waals surface area contributed by atoms with E-state index in [4.69, 9.17) is 4.52 Å². The zero-order valence-electron chi connectivity index (χ0n) is 18.1. The summed E-state index contributed by atoms with van der Waals surface area (Å²) in [4.78, 5) is 15.4. The summed E-state index contributed by atoms with van der Waals surface area (Å²) in [6.45, 7) is 10.4. The van der Waals surface area contributed by atoms with E-state index >= 15 is 0 Å². The molecule has 3 rings (SSSR count). The highest BCUT2D eigenvalue weighted by Gasteiger charge is 2.31. The Morgan fingerprint density at radius 2 is 1.71 bits per heavy atom. The second kappa shape index (κ2) is 12.3. The third-order valence-corrected chi connectivity index (χ3v) is 3.54. The van der Waals surface area contributed by atoms with Gasteiger partial charge in [0.1, 0.15) is 0 Å². The van der Waals surface area contributed by atoms with Crippen LogP contribution in [0, 0.1) is 6.92 Å². The summed E-state index contributed by atoms with van der Waals surface area (Å²) in [5.74, 6) is 0.0412. The van der Waals surface area contributed by atoms with Crippen LogP contribution in [0.2, 0.25) is 0 Å². The van der Waals surface area contributed by atoms with Gasteiger partial charge < -0.3 is 5.32 Å². The molecule has 2 aromatic heterocycles. The number of aryl methyl sites for hydroxylation is 1. The number of hydrogen-bond donors (Lipinski definition) is 2. The SMILES string of the molecule is CC.CC.Cc1ccc(C[n+]2cc(NC(=O)Nc3cncc(C(F)(F)F)c3)on2)cc1. The number of hydrogen-bond acceptors (Lipinski definition) is 4. The average molecular weight is 438 g/mol. The fourth-order valence-electron chi connectivity index (χ4n) is 2.23. The van der Waals surface area contributed by atoms with Crippen molar-refractivity contribution in [1.82, 2.24) is 10.3 Å². The van der Waals surface area contributed by atoms with Gasteiger partial charge in [0, 0.05) is 11.8 Å². The van der Waals surface area contributed by atoms with Crippen LogP contribution in [0.15, 0.2) is 53.4 Å². The molecule has 168 valence electrons. The van der Waals surface area contributed by atoms with Crippen LogP contribution in [0.5, 0.6) is 0 Å². The molecule has 0 spiro atoms. The molecule has 0 radical (unpaired) electrons. The van der Waals surface area contributed by atoms with Crippen molar-refractivity contribution in [3.8, 4) is 0 Å². The molecule has 0 bridgehead atoms. The van der Waals surface area contributed by atoms with E-state index in [0.717, 1.165) is 23.4 Å². The molecular formula is C21H27F3N5O2+. The predicted octanol–water partition coefficient (Wildman–Crippen LogP) is 5.43. The first-order valence-corrected chi connectivity index (χ1v) is 9.82. The van der Waals surface area contributed by atoms with E-state index in [0.29, 0.717) is 12.7 Å². The summed E-state index contributed by atoms with van der Waals surface area (Å²) in [5, 5.41) is 8.39. The average Bonchev–Trinajstić information content (AvgIpc) is 3.19. The summed E-state index contributed by atoms with van der Waals surface area (Å²) >= 11 is 0. The lowest BCUT2D eigenvalue weighted by molar-refractivity contribution is -0.754. The molecule has 1 aromatic carbocycles. The number of anilines is 2. The van der Waals surface area contributed by atoms with Gasteiger partial charge in [-0.25, -0.2) is 4.79 Å². The van der Waals surface area contributed by atoms with Crippen molar-refractivity contribution in [3.63, 3.8) is 0 Å². The van der Waals surface area contributed by atoms with Crippen molar-refractivity contribution in [1.29, 1.82) is 0 Å². The minimum Gasteiger partial charge on any atom is -0.306 e. The zero-order valence-corrected chi connectivity index (χ0v) is 18.1. The molecule has 0 aliphatic carbocycles. The van der Waals surface area contributed by atoms with Crippen LogP contribution in [0.25, 0.3) is 0 Å². The highest BCUT2D eigenvalue weighted by Crippen LogP contribution is 2.29. The maximum Gasteiger partial charge on any atom is 0.417 e. The molecule has 0 unspecified atom stereocenters. The Morgan fingerprint density at radius 3 is 2.32 bits per heavy atom.